The number of amides is 2. The number of halogens is 2. The van der Waals surface area contributed by atoms with Gasteiger partial charge < -0.3 is 16.4 Å². The summed E-state index contributed by atoms with van der Waals surface area (Å²) < 4.78 is 0. The van der Waals surface area contributed by atoms with Crippen LogP contribution in [0.5, 0.6) is 0 Å². The molecule has 7 heteroatoms. The van der Waals surface area contributed by atoms with Gasteiger partial charge in [0.2, 0.25) is 5.91 Å². The number of fused-ring (bicyclic) bond motifs is 2. The highest BCUT2D eigenvalue weighted by Gasteiger charge is 2.49. The Bertz CT molecular complexity index is 734. The number of carbonyl (C=O) groups is 2. The minimum atomic E-state index is -0.167. The van der Waals surface area contributed by atoms with Gasteiger partial charge in [0.15, 0.2) is 0 Å². The van der Waals surface area contributed by atoms with Gasteiger partial charge in [0.05, 0.1) is 16.5 Å². The molecule has 0 heterocycles. The van der Waals surface area contributed by atoms with Crippen molar-refractivity contribution >= 4 is 41.5 Å². The highest BCUT2D eigenvalue weighted by atomic mass is 35.5. The van der Waals surface area contributed by atoms with Gasteiger partial charge in [0.1, 0.15) is 0 Å². The molecule has 3 saturated carbocycles. The summed E-state index contributed by atoms with van der Waals surface area (Å²) in [5.41, 5.74) is 7.30. The fourth-order valence-electron chi connectivity index (χ4n) is 5.24. The largest absolute Gasteiger partial charge is 0.349 e. The van der Waals surface area contributed by atoms with Gasteiger partial charge in [-0.15, -0.1) is 12.4 Å². The predicted molar refractivity (Wildman–Crippen MR) is 114 cm³/mol. The van der Waals surface area contributed by atoms with Gasteiger partial charge in [-0.05, 0) is 62.1 Å². The van der Waals surface area contributed by atoms with E-state index in [0.717, 1.165) is 44.9 Å². The summed E-state index contributed by atoms with van der Waals surface area (Å²) >= 11 is 6.25. The number of benzene rings is 1. The molecular formula is C21H29Cl2N3O2. The van der Waals surface area contributed by atoms with Crippen molar-refractivity contribution in [3.8, 4) is 0 Å². The maximum Gasteiger partial charge on any atom is 0.253 e. The van der Waals surface area contributed by atoms with Gasteiger partial charge in [-0.3, -0.25) is 9.59 Å². The van der Waals surface area contributed by atoms with Crippen molar-refractivity contribution in [3.05, 3.63) is 28.8 Å². The van der Waals surface area contributed by atoms with E-state index in [1.165, 1.54) is 6.42 Å². The summed E-state index contributed by atoms with van der Waals surface area (Å²) in [6.07, 6.45) is 8.86. The standard InChI is InChI=1S/C21H28ClN3O2.ClH/c22-17-9-8-15(11-16(17)20(26)24-14-4-2-1-3-5-14)25-21(27)18-12-6-7-13(10-12)19(18)23;/h8-9,11-14,18-19H,1-7,10,23H2,(H,24,26)(H,25,27);1H. The van der Waals surface area contributed by atoms with Crippen LogP contribution in [0.1, 0.15) is 61.7 Å². The summed E-state index contributed by atoms with van der Waals surface area (Å²) in [5.74, 6) is 0.549. The molecule has 1 aromatic rings. The van der Waals surface area contributed by atoms with Gasteiger partial charge in [-0.2, -0.15) is 0 Å². The van der Waals surface area contributed by atoms with Crippen LogP contribution in [0.25, 0.3) is 0 Å². The molecule has 3 aliphatic rings. The number of anilines is 1. The number of rotatable bonds is 4. The van der Waals surface area contributed by atoms with Gasteiger partial charge >= 0.3 is 0 Å². The number of hydrogen-bond donors (Lipinski definition) is 3. The lowest BCUT2D eigenvalue weighted by molar-refractivity contribution is -0.121. The average molecular weight is 426 g/mol. The molecule has 4 rings (SSSR count). The zero-order chi connectivity index (χ0) is 19.0. The molecule has 3 fully saturated rings. The predicted octanol–water partition coefficient (Wildman–Crippen LogP) is 4.14. The minimum Gasteiger partial charge on any atom is -0.349 e. The van der Waals surface area contributed by atoms with E-state index >= 15 is 0 Å². The van der Waals surface area contributed by atoms with Crippen molar-refractivity contribution in [1.82, 2.24) is 5.32 Å². The summed E-state index contributed by atoms with van der Waals surface area (Å²) in [7, 11) is 0. The van der Waals surface area contributed by atoms with Crippen molar-refractivity contribution in [1.29, 1.82) is 0 Å². The van der Waals surface area contributed by atoms with Crippen LogP contribution < -0.4 is 16.4 Å². The lowest BCUT2D eigenvalue weighted by atomic mass is 9.84. The third kappa shape index (κ3) is 4.32. The monoisotopic (exact) mass is 425 g/mol. The topological polar surface area (TPSA) is 84.2 Å². The lowest BCUT2D eigenvalue weighted by Gasteiger charge is -2.27. The first-order chi connectivity index (χ1) is 13.0. The van der Waals surface area contributed by atoms with Crippen LogP contribution in [0.4, 0.5) is 5.69 Å². The fraction of sp³-hybridized carbons (Fsp3) is 0.619. The van der Waals surface area contributed by atoms with E-state index < -0.39 is 0 Å². The van der Waals surface area contributed by atoms with E-state index in [4.69, 9.17) is 17.3 Å². The summed E-state index contributed by atoms with van der Waals surface area (Å²) in [6, 6.07) is 5.26. The fourth-order valence-corrected chi connectivity index (χ4v) is 5.44. The Balaban J connectivity index is 0.00000225. The molecule has 0 radical (unpaired) electrons. The van der Waals surface area contributed by atoms with Crippen LogP contribution in [-0.4, -0.2) is 23.9 Å². The molecule has 4 N–H and O–H groups in total. The smallest absolute Gasteiger partial charge is 0.253 e. The number of nitrogens with two attached hydrogens (primary N) is 1. The highest BCUT2D eigenvalue weighted by molar-refractivity contribution is 6.34. The Morgan fingerprint density at radius 2 is 1.75 bits per heavy atom. The summed E-state index contributed by atoms with van der Waals surface area (Å²) in [6.45, 7) is 0. The van der Waals surface area contributed by atoms with E-state index in [1.807, 2.05) is 0 Å². The Morgan fingerprint density at radius 3 is 2.43 bits per heavy atom. The number of hydrogen-bond acceptors (Lipinski definition) is 3. The van der Waals surface area contributed by atoms with Gasteiger partial charge in [0, 0.05) is 17.8 Å². The Labute approximate surface area is 177 Å². The molecular weight excluding hydrogens is 397 g/mol. The Morgan fingerprint density at radius 1 is 1.04 bits per heavy atom. The van der Waals surface area contributed by atoms with Crippen LogP contribution in [0, 0.1) is 17.8 Å². The molecule has 0 aromatic heterocycles. The molecule has 2 amide bonds. The first kappa shape index (κ1) is 21.4. The normalized spacial score (nSPS) is 29.2. The quantitative estimate of drug-likeness (QED) is 0.677. The first-order valence-corrected chi connectivity index (χ1v) is 10.6. The maximum absolute atomic E-state index is 12.8. The van der Waals surface area contributed by atoms with Crippen LogP contribution in [0.2, 0.25) is 5.02 Å². The number of carbonyl (C=O) groups excluding carboxylic acids is 2. The second-order valence-electron chi connectivity index (χ2n) is 8.43. The first-order valence-electron chi connectivity index (χ1n) is 10.2. The van der Waals surface area contributed by atoms with Gasteiger partial charge in [0.25, 0.3) is 5.91 Å². The van der Waals surface area contributed by atoms with E-state index in [0.29, 0.717) is 28.1 Å². The highest BCUT2D eigenvalue weighted by Crippen LogP contribution is 2.47. The lowest BCUT2D eigenvalue weighted by Crippen LogP contribution is -2.42. The average Bonchev–Trinajstić information content (AvgIpc) is 3.25. The van der Waals surface area contributed by atoms with Crippen LogP contribution in [0.3, 0.4) is 0 Å². The van der Waals surface area contributed by atoms with Crippen LogP contribution >= 0.6 is 24.0 Å². The van der Waals surface area contributed by atoms with Gasteiger partial charge in [-0.25, -0.2) is 0 Å². The third-order valence-electron chi connectivity index (χ3n) is 6.70. The van der Waals surface area contributed by atoms with E-state index in [2.05, 4.69) is 10.6 Å². The van der Waals surface area contributed by atoms with Crippen LogP contribution in [0.15, 0.2) is 18.2 Å². The molecule has 1 aromatic carbocycles. The Hall–Kier alpha value is -1.30. The SMILES string of the molecule is Cl.NC1C2CCC(C2)C1C(=O)Nc1ccc(Cl)c(C(=O)NC2CCCCC2)c1. The minimum absolute atomic E-state index is 0. The summed E-state index contributed by atoms with van der Waals surface area (Å²) in [4.78, 5) is 25.4. The zero-order valence-corrected chi connectivity index (χ0v) is 17.5. The molecule has 3 aliphatic carbocycles. The molecule has 5 nitrogen and oxygen atoms in total. The second kappa shape index (κ2) is 9.02. The summed E-state index contributed by atoms with van der Waals surface area (Å²) in [5, 5.41) is 6.45. The molecule has 28 heavy (non-hydrogen) atoms. The molecule has 4 unspecified atom stereocenters. The molecule has 4 atom stereocenters. The molecule has 154 valence electrons. The van der Waals surface area contributed by atoms with Crippen molar-refractivity contribution in [2.24, 2.45) is 23.5 Å². The van der Waals surface area contributed by atoms with Gasteiger partial charge in [-0.1, -0.05) is 30.9 Å². The molecule has 0 spiro atoms. The van der Waals surface area contributed by atoms with Crippen molar-refractivity contribution < 1.29 is 9.59 Å². The molecule has 0 aliphatic heterocycles. The maximum atomic E-state index is 12.8. The molecule has 2 bridgehead atoms. The van der Waals surface area contributed by atoms with Crippen molar-refractivity contribution in [2.45, 2.75) is 63.5 Å². The van der Waals surface area contributed by atoms with E-state index in [1.54, 1.807) is 18.2 Å². The molecule has 0 saturated heterocycles. The van der Waals surface area contributed by atoms with Crippen molar-refractivity contribution in [2.75, 3.05) is 5.32 Å². The van der Waals surface area contributed by atoms with E-state index in [-0.39, 0.29) is 42.2 Å². The van der Waals surface area contributed by atoms with Crippen molar-refractivity contribution in [3.63, 3.8) is 0 Å². The number of nitrogens with one attached hydrogen (secondary N) is 2. The Kier molecular flexibility index (Phi) is 6.89. The third-order valence-corrected chi connectivity index (χ3v) is 7.03. The van der Waals surface area contributed by atoms with E-state index in [9.17, 15) is 9.59 Å². The zero-order valence-electron chi connectivity index (χ0n) is 16.0. The second-order valence-corrected chi connectivity index (χ2v) is 8.84. The van der Waals surface area contributed by atoms with Crippen LogP contribution in [-0.2, 0) is 4.79 Å².